The first-order chi connectivity index (χ1) is 11.1. The van der Waals surface area contributed by atoms with Gasteiger partial charge in [-0.25, -0.2) is 9.82 Å². The molecule has 2 N–H and O–H groups in total. The first kappa shape index (κ1) is 16.5. The fraction of sp³-hybridized carbons (Fsp3) is 0.176. The standard InChI is InChI=1S/C17H18FN3O2/c1-12(20-15-7-5-14(18)6-8-15)17(22)21-19-11-13-3-9-16(23-2)10-4-13/h3-12,20H,1-2H3,(H,21,22)/b19-11-/t12-/m1/s1. The van der Waals surface area contributed by atoms with Gasteiger partial charge in [-0.1, -0.05) is 0 Å². The third-order valence-electron chi connectivity index (χ3n) is 3.12. The van der Waals surface area contributed by atoms with Crippen LogP contribution >= 0.6 is 0 Å². The molecule has 0 radical (unpaired) electrons. The van der Waals surface area contributed by atoms with Gasteiger partial charge in [-0.2, -0.15) is 5.10 Å². The van der Waals surface area contributed by atoms with E-state index < -0.39 is 6.04 Å². The van der Waals surface area contributed by atoms with Crippen LogP contribution in [-0.2, 0) is 4.79 Å². The van der Waals surface area contributed by atoms with E-state index >= 15 is 0 Å². The van der Waals surface area contributed by atoms with E-state index in [1.54, 1.807) is 32.4 Å². The number of nitrogens with zero attached hydrogens (tertiary/aromatic N) is 1. The summed E-state index contributed by atoms with van der Waals surface area (Å²) in [5.74, 6) is 0.138. The number of halogens is 1. The van der Waals surface area contributed by atoms with Crippen molar-refractivity contribution >= 4 is 17.8 Å². The van der Waals surface area contributed by atoms with Gasteiger partial charge in [0.1, 0.15) is 17.6 Å². The lowest BCUT2D eigenvalue weighted by Crippen LogP contribution is -2.34. The third kappa shape index (κ3) is 5.10. The number of hydrogen-bond donors (Lipinski definition) is 2. The average molecular weight is 315 g/mol. The Kier molecular flexibility index (Phi) is 5.68. The highest BCUT2D eigenvalue weighted by Gasteiger charge is 2.11. The summed E-state index contributed by atoms with van der Waals surface area (Å²) in [4.78, 5) is 11.9. The fourth-order valence-corrected chi connectivity index (χ4v) is 1.82. The maximum atomic E-state index is 12.8. The third-order valence-corrected chi connectivity index (χ3v) is 3.12. The molecule has 2 aromatic carbocycles. The number of hydrazone groups is 1. The summed E-state index contributed by atoms with van der Waals surface area (Å²) in [6.07, 6.45) is 1.54. The molecular formula is C17H18FN3O2. The zero-order valence-corrected chi connectivity index (χ0v) is 12.9. The number of anilines is 1. The molecule has 120 valence electrons. The van der Waals surface area contributed by atoms with E-state index in [9.17, 15) is 9.18 Å². The molecule has 0 saturated heterocycles. The second-order valence-corrected chi connectivity index (χ2v) is 4.88. The number of hydrogen-bond acceptors (Lipinski definition) is 4. The van der Waals surface area contributed by atoms with Crippen molar-refractivity contribution in [1.29, 1.82) is 0 Å². The summed E-state index contributed by atoms with van der Waals surface area (Å²) in [5.41, 5.74) is 3.95. The summed E-state index contributed by atoms with van der Waals surface area (Å²) < 4.78 is 17.9. The molecule has 0 spiro atoms. The van der Waals surface area contributed by atoms with Gasteiger partial charge in [0.15, 0.2) is 0 Å². The molecule has 0 aliphatic rings. The van der Waals surface area contributed by atoms with E-state index in [4.69, 9.17) is 4.74 Å². The highest BCUT2D eigenvalue weighted by atomic mass is 19.1. The Morgan fingerprint density at radius 2 is 1.83 bits per heavy atom. The number of rotatable bonds is 6. The Morgan fingerprint density at radius 3 is 2.43 bits per heavy atom. The number of methoxy groups -OCH3 is 1. The van der Waals surface area contributed by atoms with Crippen LogP contribution in [0.4, 0.5) is 10.1 Å². The van der Waals surface area contributed by atoms with E-state index in [-0.39, 0.29) is 11.7 Å². The van der Waals surface area contributed by atoms with Crippen LogP contribution in [0.25, 0.3) is 0 Å². The Balaban J connectivity index is 1.85. The van der Waals surface area contributed by atoms with Crippen molar-refractivity contribution in [3.05, 3.63) is 59.9 Å². The largest absolute Gasteiger partial charge is 0.497 e. The molecule has 5 nitrogen and oxygen atoms in total. The zero-order chi connectivity index (χ0) is 16.7. The Hall–Kier alpha value is -2.89. The molecule has 0 unspecified atom stereocenters. The first-order valence-electron chi connectivity index (χ1n) is 7.07. The van der Waals surface area contributed by atoms with Gasteiger partial charge in [0, 0.05) is 5.69 Å². The summed E-state index contributed by atoms with van der Waals surface area (Å²) in [6, 6.07) is 12.6. The zero-order valence-electron chi connectivity index (χ0n) is 12.9. The quantitative estimate of drug-likeness (QED) is 0.636. The SMILES string of the molecule is COc1ccc(/C=N\NC(=O)[C@@H](C)Nc2ccc(F)cc2)cc1. The van der Waals surface area contributed by atoms with Crippen LogP contribution in [0.3, 0.4) is 0 Å². The topological polar surface area (TPSA) is 62.7 Å². The highest BCUT2D eigenvalue weighted by molar-refractivity contribution is 5.86. The number of carbonyl (C=O) groups excluding carboxylic acids is 1. The van der Waals surface area contributed by atoms with Crippen LogP contribution in [0.2, 0.25) is 0 Å². The monoisotopic (exact) mass is 315 g/mol. The van der Waals surface area contributed by atoms with Crippen molar-refractivity contribution in [3.8, 4) is 5.75 Å². The molecule has 0 fully saturated rings. The molecule has 0 heterocycles. The van der Waals surface area contributed by atoms with E-state index in [0.29, 0.717) is 5.69 Å². The van der Waals surface area contributed by atoms with Crippen LogP contribution in [0.15, 0.2) is 53.6 Å². The highest BCUT2D eigenvalue weighted by Crippen LogP contribution is 2.10. The second kappa shape index (κ2) is 7.93. The molecule has 1 atom stereocenters. The van der Waals surface area contributed by atoms with Crippen molar-refractivity contribution in [1.82, 2.24) is 5.43 Å². The molecule has 0 saturated carbocycles. The maximum Gasteiger partial charge on any atom is 0.262 e. The molecular weight excluding hydrogens is 297 g/mol. The van der Waals surface area contributed by atoms with Crippen LogP contribution in [0.1, 0.15) is 12.5 Å². The maximum absolute atomic E-state index is 12.8. The smallest absolute Gasteiger partial charge is 0.262 e. The number of ether oxygens (including phenoxy) is 1. The molecule has 0 aliphatic heterocycles. The Bertz CT molecular complexity index is 669. The van der Waals surface area contributed by atoms with Gasteiger partial charge in [0.05, 0.1) is 13.3 Å². The van der Waals surface area contributed by atoms with Gasteiger partial charge in [-0.05, 0) is 61.0 Å². The first-order valence-corrected chi connectivity index (χ1v) is 7.07. The molecule has 1 amide bonds. The number of benzene rings is 2. The Morgan fingerprint density at radius 1 is 1.17 bits per heavy atom. The van der Waals surface area contributed by atoms with Crippen molar-refractivity contribution in [2.45, 2.75) is 13.0 Å². The van der Waals surface area contributed by atoms with Crippen LogP contribution < -0.4 is 15.5 Å². The lowest BCUT2D eigenvalue weighted by Gasteiger charge is -2.13. The molecule has 0 bridgehead atoms. The van der Waals surface area contributed by atoms with Crippen molar-refractivity contribution < 1.29 is 13.9 Å². The van der Waals surface area contributed by atoms with E-state index in [0.717, 1.165) is 11.3 Å². The van der Waals surface area contributed by atoms with E-state index in [2.05, 4.69) is 15.8 Å². The van der Waals surface area contributed by atoms with Gasteiger partial charge in [0.2, 0.25) is 0 Å². The van der Waals surface area contributed by atoms with Crippen molar-refractivity contribution in [3.63, 3.8) is 0 Å². The average Bonchev–Trinajstić information content (AvgIpc) is 2.57. The fourth-order valence-electron chi connectivity index (χ4n) is 1.82. The minimum Gasteiger partial charge on any atom is -0.497 e. The summed E-state index contributed by atoms with van der Waals surface area (Å²) in [6.45, 7) is 1.70. The summed E-state index contributed by atoms with van der Waals surface area (Å²) in [7, 11) is 1.60. The summed E-state index contributed by atoms with van der Waals surface area (Å²) >= 11 is 0. The lowest BCUT2D eigenvalue weighted by atomic mass is 10.2. The van der Waals surface area contributed by atoms with Gasteiger partial charge in [0.25, 0.3) is 5.91 Å². The van der Waals surface area contributed by atoms with Crippen LogP contribution in [0, 0.1) is 5.82 Å². The van der Waals surface area contributed by atoms with E-state index in [1.807, 2.05) is 24.3 Å². The van der Waals surface area contributed by atoms with Crippen LogP contribution in [-0.4, -0.2) is 25.3 Å². The van der Waals surface area contributed by atoms with Crippen molar-refractivity contribution in [2.75, 3.05) is 12.4 Å². The number of carbonyl (C=O) groups is 1. The van der Waals surface area contributed by atoms with E-state index in [1.165, 1.54) is 12.1 Å². The molecule has 2 aromatic rings. The molecule has 2 rings (SSSR count). The minimum absolute atomic E-state index is 0.293. The number of amides is 1. The molecule has 0 aliphatic carbocycles. The normalized spacial score (nSPS) is 12.0. The Labute approximate surface area is 134 Å². The molecule has 6 heteroatoms. The summed E-state index contributed by atoms with van der Waals surface area (Å²) in [5, 5.41) is 6.87. The predicted molar refractivity (Wildman–Crippen MR) is 88.2 cm³/mol. The van der Waals surface area contributed by atoms with Gasteiger partial charge in [-0.15, -0.1) is 0 Å². The minimum atomic E-state index is -0.506. The predicted octanol–water partition coefficient (Wildman–Crippen LogP) is 2.79. The van der Waals surface area contributed by atoms with Gasteiger partial charge < -0.3 is 10.1 Å². The van der Waals surface area contributed by atoms with Crippen LogP contribution in [0.5, 0.6) is 5.75 Å². The van der Waals surface area contributed by atoms with Crippen molar-refractivity contribution in [2.24, 2.45) is 5.10 Å². The second-order valence-electron chi connectivity index (χ2n) is 4.88. The number of nitrogens with one attached hydrogen (secondary N) is 2. The molecule has 23 heavy (non-hydrogen) atoms. The van der Waals surface area contributed by atoms with Gasteiger partial charge >= 0.3 is 0 Å². The lowest BCUT2D eigenvalue weighted by molar-refractivity contribution is -0.121. The van der Waals surface area contributed by atoms with Gasteiger partial charge in [-0.3, -0.25) is 4.79 Å². The molecule has 0 aromatic heterocycles.